The Morgan fingerprint density at radius 1 is 1.14 bits per heavy atom. The van der Waals surface area contributed by atoms with Gasteiger partial charge in [-0.3, -0.25) is 9.69 Å². The predicted molar refractivity (Wildman–Crippen MR) is 79.9 cm³/mol. The lowest BCUT2D eigenvalue weighted by molar-refractivity contribution is -0.157. The minimum Gasteiger partial charge on any atom is -0.464 e. The zero-order chi connectivity index (χ0) is 15.1. The molecule has 21 heavy (non-hydrogen) atoms. The van der Waals surface area contributed by atoms with Crippen LogP contribution in [0.5, 0.6) is 0 Å². The quantitative estimate of drug-likeness (QED) is 0.753. The number of esters is 1. The Labute approximate surface area is 126 Å². The van der Waals surface area contributed by atoms with E-state index in [-0.39, 0.29) is 17.9 Å². The predicted octanol–water partition coefficient (Wildman–Crippen LogP) is 0.226. The van der Waals surface area contributed by atoms with Crippen molar-refractivity contribution in [1.82, 2.24) is 15.1 Å². The molecule has 1 atom stereocenters. The van der Waals surface area contributed by atoms with E-state index in [0.29, 0.717) is 19.7 Å². The van der Waals surface area contributed by atoms with Crippen LogP contribution in [0.25, 0.3) is 0 Å². The highest BCUT2D eigenvalue weighted by Gasteiger charge is 2.33. The van der Waals surface area contributed by atoms with Crippen LogP contribution in [-0.4, -0.2) is 73.6 Å². The van der Waals surface area contributed by atoms with E-state index in [9.17, 15) is 9.59 Å². The highest BCUT2D eigenvalue weighted by molar-refractivity contribution is 5.85. The van der Waals surface area contributed by atoms with Crippen LogP contribution in [-0.2, 0) is 14.3 Å². The van der Waals surface area contributed by atoms with Crippen LogP contribution >= 0.6 is 0 Å². The molecule has 1 unspecified atom stereocenters. The normalized spacial score (nSPS) is 24.4. The standard InChI is InChI=1S/C15H27N3O3/c1-2-21-15(20)13-6-3-4-10-18(13)14(19)12-17-9-5-7-16-8-11-17/h13,16H,2-12H2,1H3. The smallest absolute Gasteiger partial charge is 0.328 e. The van der Waals surface area contributed by atoms with Gasteiger partial charge >= 0.3 is 5.97 Å². The van der Waals surface area contributed by atoms with E-state index in [2.05, 4.69) is 10.2 Å². The number of nitrogens with one attached hydrogen (secondary N) is 1. The molecule has 0 radical (unpaired) electrons. The van der Waals surface area contributed by atoms with Crippen LogP contribution in [0.3, 0.4) is 0 Å². The summed E-state index contributed by atoms with van der Waals surface area (Å²) in [7, 11) is 0. The van der Waals surface area contributed by atoms with Crippen LogP contribution in [0.15, 0.2) is 0 Å². The summed E-state index contributed by atoms with van der Waals surface area (Å²) in [6.45, 7) is 7.03. The first-order valence-electron chi connectivity index (χ1n) is 8.11. The number of nitrogens with zero attached hydrogens (tertiary/aromatic N) is 2. The largest absolute Gasteiger partial charge is 0.464 e. The summed E-state index contributed by atoms with van der Waals surface area (Å²) in [5.74, 6) is -0.183. The molecule has 2 aliphatic heterocycles. The summed E-state index contributed by atoms with van der Waals surface area (Å²) < 4.78 is 5.12. The van der Waals surface area contributed by atoms with Gasteiger partial charge in [0.05, 0.1) is 13.2 Å². The molecule has 120 valence electrons. The molecule has 6 heteroatoms. The maximum absolute atomic E-state index is 12.6. The molecular weight excluding hydrogens is 270 g/mol. The van der Waals surface area contributed by atoms with Gasteiger partial charge in [0.1, 0.15) is 6.04 Å². The van der Waals surface area contributed by atoms with Gasteiger partial charge in [-0.05, 0) is 45.7 Å². The molecule has 6 nitrogen and oxygen atoms in total. The summed E-state index contributed by atoms with van der Waals surface area (Å²) in [6.07, 6.45) is 3.75. The van der Waals surface area contributed by atoms with Crippen molar-refractivity contribution in [3.8, 4) is 0 Å². The lowest BCUT2D eigenvalue weighted by atomic mass is 10.0. The van der Waals surface area contributed by atoms with Gasteiger partial charge < -0.3 is 15.0 Å². The Balaban J connectivity index is 1.92. The molecule has 2 rings (SSSR count). The zero-order valence-corrected chi connectivity index (χ0v) is 13.0. The van der Waals surface area contributed by atoms with E-state index in [4.69, 9.17) is 4.74 Å². The number of likely N-dealkylation sites (tertiary alicyclic amines) is 1. The molecule has 0 spiro atoms. The second-order valence-corrected chi connectivity index (χ2v) is 5.73. The molecule has 2 aliphatic rings. The summed E-state index contributed by atoms with van der Waals surface area (Å²) in [5, 5.41) is 3.33. The molecule has 0 bridgehead atoms. The molecule has 1 amide bonds. The molecular formula is C15H27N3O3. The van der Waals surface area contributed by atoms with Gasteiger partial charge in [-0.1, -0.05) is 0 Å². The first-order valence-corrected chi connectivity index (χ1v) is 8.11. The second-order valence-electron chi connectivity index (χ2n) is 5.73. The number of carbonyl (C=O) groups is 2. The lowest BCUT2D eigenvalue weighted by Crippen LogP contribution is -2.52. The van der Waals surface area contributed by atoms with E-state index < -0.39 is 0 Å². The SMILES string of the molecule is CCOC(=O)C1CCCCN1C(=O)CN1CCCNCC1. The van der Waals surface area contributed by atoms with E-state index in [1.807, 2.05) is 0 Å². The van der Waals surface area contributed by atoms with Crippen molar-refractivity contribution in [1.29, 1.82) is 0 Å². The third kappa shape index (κ3) is 4.68. The number of carbonyl (C=O) groups excluding carboxylic acids is 2. The molecule has 2 fully saturated rings. The van der Waals surface area contributed by atoms with E-state index >= 15 is 0 Å². The van der Waals surface area contributed by atoms with Crippen LogP contribution in [0, 0.1) is 0 Å². The van der Waals surface area contributed by atoms with Gasteiger partial charge in [-0.25, -0.2) is 4.79 Å². The first kappa shape index (κ1) is 16.2. The summed E-state index contributed by atoms with van der Waals surface area (Å²) in [6, 6.07) is -0.378. The minimum absolute atomic E-state index is 0.0645. The molecule has 1 N–H and O–H groups in total. The Morgan fingerprint density at radius 3 is 2.81 bits per heavy atom. The van der Waals surface area contributed by atoms with Crippen molar-refractivity contribution >= 4 is 11.9 Å². The number of hydrogen-bond donors (Lipinski definition) is 1. The highest BCUT2D eigenvalue weighted by Crippen LogP contribution is 2.19. The first-order chi connectivity index (χ1) is 10.2. The fourth-order valence-corrected chi connectivity index (χ4v) is 3.06. The van der Waals surface area contributed by atoms with Crippen molar-refractivity contribution < 1.29 is 14.3 Å². The number of rotatable bonds is 4. The highest BCUT2D eigenvalue weighted by atomic mass is 16.5. The minimum atomic E-state index is -0.378. The number of hydrogen-bond acceptors (Lipinski definition) is 5. The van der Waals surface area contributed by atoms with E-state index in [1.54, 1.807) is 11.8 Å². The van der Waals surface area contributed by atoms with Gasteiger partial charge in [0, 0.05) is 19.6 Å². The molecule has 0 aromatic heterocycles. The average molecular weight is 297 g/mol. The summed E-state index contributed by atoms with van der Waals surface area (Å²) >= 11 is 0. The lowest BCUT2D eigenvalue weighted by Gasteiger charge is -2.35. The maximum Gasteiger partial charge on any atom is 0.328 e. The Hall–Kier alpha value is -1.14. The Bertz CT molecular complexity index is 354. The van der Waals surface area contributed by atoms with Gasteiger partial charge in [0.2, 0.25) is 5.91 Å². The van der Waals surface area contributed by atoms with Crippen molar-refractivity contribution in [3.05, 3.63) is 0 Å². The van der Waals surface area contributed by atoms with Gasteiger partial charge in [-0.2, -0.15) is 0 Å². The van der Waals surface area contributed by atoms with Crippen molar-refractivity contribution in [3.63, 3.8) is 0 Å². The summed E-state index contributed by atoms with van der Waals surface area (Å²) in [4.78, 5) is 28.5. The zero-order valence-electron chi connectivity index (χ0n) is 13.0. The van der Waals surface area contributed by atoms with Gasteiger partial charge in [0.25, 0.3) is 0 Å². The number of amides is 1. The Morgan fingerprint density at radius 2 is 2.00 bits per heavy atom. The third-order valence-corrected chi connectivity index (χ3v) is 4.17. The summed E-state index contributed by atoms with van der Waals surface area (Å²) in [5.41, 5.74) is 0. The fraction of sp³-hybridized carbons (Fsp3) is 0.867. The average Bonchev–Trinajstić information content (AvgIpc) is 2.76. The number of piperidine rings is 1. The Kier molecular flexibility index (Phi) is 6.45. The maximum atomic E-state index is 12.6. The van der Waals surface area contributed by atoms with Crippen LogP contribution in [0.4, 0.5) is 0 Å². The molecule has 0 aliphatic carbocycles. The molecule has 2 saturated heterocycles. The van der Waals surface area contributed by atoms with E-state index in [0.717, 1.165) is 51.9 Å². The van der Waals surface area contributed by atoms with Gasteiger partial charge in [-0.15, -0.1) is 0 Å². The monoisotopic (exact) mass is 297 g/mol. The van der Waals surface area contributed by atoms with Gasteiger partial charge in [0.15, 0.2) is 0 Å². The second kappa shape index (κ2) is 8.34. The van der Waals surface area contributed by atoms with Crippen LogP contribution in [0.1, 0.15) is 32.6 Å². The van der Waals surface area contributed by atoms with Crippen LogP contribution in [0.2, 0.25) is 0 Å². The van der Waals surface area contributed by atoms with Crippen molar-refractivity contribution in [2.75, 3.05) is 45.9 Å². The van der Waals surface area contributed by atoms with E-state index in [1.165, 1.54) is 0 Å². The van der Waals surface area contributed by atoms with Crippen LogP contribution < -0.4 is 5.32 Å². The van der Waals surface area contributed by atoms with Crippen molar-refractivity contribution in [2.45, 2.75) is 38.6 Å². The molecule has 2 heterocycles. The third-order valence-electron chi connectivity index (χ3n) is 4.17. The number of ether oxygens (including phenoxy) is 1. The fourth-order valence-electron chi connectivity index (χ4n) is 3.06. The molecule has 0 saturated carbocycles. The topological polar surface area (TPSA) is 61.9 Å². The molecule has 0 aromatic carbocycles. The molecule has 0 aromatic rings. The van der Waals surface area contributed by atoms with Crippen molar-refractivity contribution in [2.24, 2.45) is 0 Å².